The SMILES string of the molecule is COC(=O)C1=C(C(=O)OC)C2(C=O)c3ccccc3C1c1ccccc12. The first kappa shape index (κ1) is 16.3. The third kappa shape index (κ3) is 1.77. The lowest BCUT2D eigenvalue weighted by molar-refractivity contribution is -0.140. The number of carbonyl (C=O) groups is 3. The summed E-state index contributed by atoms with van der Waals surface area (Å²) in [5.41, 5.74) is 1.88. The summed E-state index contributed by atoms with van der Waals surface area (Å²) in [6, 6.07) is 14.8. The van der Waals surface area contributed by atoms with Crippen molar-refractivity contribution >= 4 is 18.2 Å². The molecule has 0 N–H and O–H groups in total. The highest BCUT2D eigenvalue weighted by Crippen LogP contribution is 2.58. The van der Waals surface area contributed by atoms with E-state index in [1.54, 1.807) is 0 Å². The Morgan fingerprint density at radius 2 is 1.38 bits per heavy atom. The van der Waals surface area contributed by atoms with E-state index < -0.39 is 23.3 Å². The van der Waals surface area contributed by atoms with Crippen LogP contribution in [0.3, 0.4) is 0 Å². The number of esters is 2. The standard InChI is InChI=1S/C21H16O5/c1-25-19(23)17-16-12-7-3-5-9-14(12)21(11-22,18(17)20(24)26-2)15-10-6-4-8-13(15)16/h3-11,16H,1-2H3. The van der Waals surface area contributed by atoms with Crippen LogP contribution in [0.25, 0.3) is 0 Å². The van der Waals surface area contributed by atoms with E-state index in [9.17, 15) is 14.4 Å². The number of ether oxygens (including phenoxy) is 2. The van der Waals surface area contributed by atoms with Gasteiger partial charge in [0.25, 0.3) is 0 Å². The predicted molar refractivity (Wildman–Crippen MR) is 92.6 cm³/mol. The molecule has 2 aromatic rings. The Labute approximate surface area is 150 Å². The highest BCUT2D eigenvalue weighted by Gasteiger charge is 2.57. The van der Waals surface area contributed by atoms with Crippen LogP contribution in [0.4, 0.5) is 0 Å². The average molecular weight is 348 g/mol. The van der Waals surface area contributed by atoms with Crippen molar-refractivity contribution in [3.8, 4) is 0 Å². The molecule has 0 atom stereocenters. The van der Waals surface area contributed by atoms with Crippen LogP contribution in [0, 0.1) is 0 Å². The molecule has 2 bridgehead atoms. The Morgan fingerprint density at radius 3 is 1.85 bits per heavy atom. The van der Waals surface area contributed by atoms with Gasteiger partial charge < -0.3 is 14.3 Å². The first-order chi connectivity index (χ1) is 12.6. The van der Waals surface area contributed by atoms with Gasteiger partial charge in [0, 0.05) is 5.92 Å². The predicted octanol–water partition coefficient (Wildman–Crippen LogP) is 2.27. The Bertz CT molecular complexity index is 938. The molecule has 3 aliphatic rings. The lowest BCUT2D eigenvalue weighted by atomic mass is 9.53. The highest BCUT2D eigenvalue weighted by atomic mass is 16.5. The number of aldehydes is 1. The summed E-state index contributed by atoms with van der Waals surface area (Å²) in [6.07, 6.45) is 0.731. The number of rotatable bonds is 3. The molecular formula is C21H16O5. The minimum Gasteiger partial charge on any atom is -0.466 e. The molecule has 0 saturated carbocycles. The molecule has 0 unspecified atom stereocenters. The Kier molecular flexibility index (Phi) is 3.54. The molecule has 0 amide bonds. The number of benzene rings is 2. The third-order valence-corrected chi connectivity index (χ3v) is 5.32. The fraction of sp³-hybridized carbons (Fsp3) is 0.190. The van der Waals surface area contributed by atoms with Gasteiger partial charge in [0.2, 0.25) is 0 Å². The van der Waals surface area contributed by atoms with Crippen LogP contribution in [0.2, 0.25) is 0 Å². The van der Waals surface area contributed by atoms with Crippen LogP contribution in [0.1, 0.15) is 28.2 Å². The molecule has 5 rings (SSSR count). The number of methoxy groups -OCH3 is 2. The third-order valence-electron chi connectivity index (χ3n) is 5.32. The fourth-order valence-electron chi connectivity index (χ4n) is 4.35. The molecule has 26 heavy (non-hydrogen) atoms. The first-order valence-corrected chi connectivity index (χ1v) is 8.18. The Hall–Kier alpha value is -3.21. The van der Waals surface area contributed by atoms with Gasteiger partial charge in [0.15, 0.2) is 0 Å². The molecule has 5 heteroatoms. The summed E-state index contributed by atoms with van der Waals surface area (Å²) in [7, 11) is 2.50. The second-order valence-corrected chi connectivity index (χ2v) is 6.31. The molecular weight excluding hydrogens is 332 g/mol. The summed E-state index contributed by atoms with van der Waals surface area (Å²) >= 11 is 0. The molecule has 0 heterocycles. The molecule has 0 aromatic heterocycles. The topological polar surface area (TPSA) is 69.7 Å². The zero-order chi connectivity index (χ0) is 18.5. The molecule has 2 aromatic carbocycles. The van der Waals surface area contributed by atoms with Crippen molar-refractivity contribution in [3.05, 3.63) is 81.9 Å². The van der Waals surface area contributed by atoms with Crippen molar-refractivity contribution in [1.82, 2.24) is 0 Å². The fourth-order valence-corrected chi connectivity index (χ4v) is 4.35. The molecule has 5 nitrogen and oxygen atoms in total. The van der Waals surface area contributed by atoms with E-state index in [1.807, 2.05) is 48.5 Å². The second-order valence-electron chi connectivity index (χ2n) is 6.31. The van der Waals surface area contributed by atoms with Gasteiger partial charge >= 0.3 is 11.9 Å². The lowest BCUT2D eigenvalue weighted by Gasteiger charge is -2.47. The van der Waals surface area contributed by atoms with Gasteiger partial charge in [-0.3, -0.25) is 0 Å². The summed E-state index contributed by atoms with van der Waals surface area (Å²) in [4.78, 5) is 37.9. The maximum atomic E-state index is 12.7. The van der Waals surface area contributed by atoms with Crippen LogP contribution >= 0.6 is 0 Å². The number of hydrogen-bond donors (Lipinski definition) is 0. The summed E-state index contributed by atoms with van der Waals surface area (Å²) in [5, 5.41) is 0. The maximum Gasteiger partial charge on any atom is 0.336 e. The Balaban J connectivity index is 2.21. The highest BCUT2D eigenvalue weighted by molar-refractivity contribution is 6.11. The van der Waals surface area contributed by atoms with Crippen molar-refractivity contribution < 1.29 is 23.9 Å². The second kappa shape index (κ2) is 5.66. The molecule has 3 aliphatic carbocycles. The van der Waals surface area contributed by atoms with Crippen molar-refractivity contribution in [2.24, 2.45) is 0 Å². The van der Waals surface area contributed by atoms with Crippen molar-refractivity contribution in [1.29, 1.82) is 0 Å². The Morgan fingerprint density at radius 1 is 0.885 bits per heavy atom. The smallest absolute Gasteiger partial charge is 0.336 e. The first-order valence-electron chi connectivity index (χ1n) is 8.18. The van der Waals surface area contributed by atoms with E-state index >= 15 is 0 Å². The molecule has 130 valence electrons. The van der Waals surface area contributed by atoms with Crippen LogP contribution in [0.15, 0.2) is 59.7 Å². The van der Waals surface area contributed by atoms with Gasteiger partial charge in [-0.05, 0) is 22.3 Å². The monoisotopic (exact) mass is 348 g/mol. The van der Waals surface area contributed by atoms with E-state index in [0.717, 1.165) is 17.4 Å². The van der Waals surface area contributed by atoms with E-state index in [2.05, 4.69) is 0 Å². The lowest BCUT2D eigenvalue weighted by Crippen LogP contribution is -2.48. The molecule has 0 spiro atoms. The quantitative estimate of drug-likeness (QED) is 0.629. The number of hydrogen-bond acceptors (Lipinski definition) is 5. The van der Waals surface area contributed by atoms with Crippen LogP contribution in [-0.4, -0.2) is 32.4 Å². The summed E-state index contributed by atoms with van der Waals surface area (Å²) in [5.74, 6) is -1.82. The molecule has 0 saturated heterocycles. The van der Waals surface area contributed by atoms with E-state index in [-0.39, 0.29) is 11.1 Å². The van der Waals surface area contributed by atoms with E-state index in [1.165, 1.54) is 14.2 Å². The average Bonchev–Trinajstić information content (AvgIpc) is 2.71. The minimum atomic E-state index is -1.39. The minimum absolute atomic E-state index is 0.0456. The van der Waals surface area contributed by atoms with Crippen molar-refractivity contribution in [2.45, 2.75) is 11.3 Å². The van der Waals surface area contributed by atoms with E-state index in [0.29, 0.717) is 11.1 Å². The zero-order valence-electron chi connectivity index (χ0n) is 14.3. The van der Waals surface area contributed by atoms with Gasteiger partial charge in [0.1, 0.15) is 11.7 Å². The van der Waals surface area contributed by atoms with Gasteiger partial charge in [-0.25, -0.2) is 9.59 Å². The molecule has 0 fully saturated rings. The molecule has 0 radical (unpaired) electrons. The molecule has 0 aliphatic heterocycles. The summed E-state index contributed by atoms with van der Waals surface area (Å²) in [6.45, 7) is 0. The van der Waals surface area contributed by atoms with Gasteiger partial charge in [0.05, 0.1) is 25.4 Å². The van der Waals surface area contributed by atoms with Crippen LogP contribution < -0.4 is 0 Å². The largest absolute Gasteiger partial charge is 0.466 e. The van der Waals surface area contributed by atoms with Crippen LogP contribution in [0.5, 0.6) is 0 Å². The van der Waals surface area contributed by atoms with Gasteiger partial charge in [-0.1, -0.05) is 48.5 Å². The summed E-state index contributed by atoms with van der Waals surface area (Å²) < 4.78 is 9.93. The zero-order valence-corrected chi connectivity index (χ0v) is 14.3. The van der Waals surface area contributed by atoms with Crippen molar-refractivity contribution in [2.75, 3.05) is 14.2 Å². The number of carbonyl (C=O) groups excluding carboxylic acids is 3. The van der Waals surface area contributed by atoms with Crippen molar-refractivity contribution in [3.63, 3.8) is 0 Å². The van der Waals surface area contributed by atoms with Gasteiger partial charge in [-0.2, -0.15) is 0 Å². The van der Waals surface area contributed by atoms with Crippen LogP contribution in [-0.2, 0) is 29.3 Å². The normalized spacial score (nSPS) is 22.3. The van der Waals surface area contributed by atoms with Gasteiger partial charge in [-0.15, -0.1) is 0 Å². The van der Waals surface area contributed by atoms with E-state index in [4.69, 9.17) is 9.47 Å². The maximum absolute atomic E-state index is 12.7.